The largest absolute Gasteiger partial charge is 0.316 e. The number of fused-ring (bicyclic) bond motifs is 4. The lowest BCUT2D eigenvalue weighted by Crippen LogP contribution is -2.24. The third-order valence-corrected chi connectivity index (χ3v) is 9.64. The van der Waals surface area contributed by atoms with Gasteiger partial charge in [0.25, 0.3) is 5.56 Å². The molecule has 9 heteroatoms. The average Bonchev–Trinajstić information content (AvgIpc) is 3.46. The first-order valence-electron chi connectivity index (χ1n) is 11.1. The minimum atomic E-state index is -0.199. The van der Waals surface area contributed by atoms with E-state index < -0.39 is 0 Å². The molecule has 5 rings (SSSR count). The summed E-state index contributed by atoms with van der Waals surface area (Å²) in [7, 11) is 0. The smallest absolute Gasteiger partial charge is 0.263 e. The molecule has 3 heterocycles. The van der Waals surface area contributed by atoms with Gasteiger partial charge in [-0.25, -0.2) is 4.98 Å². The van der Waals surface area contributed by atoms with Crippen LogP contribution in [0.2, 0.25) is 0 Å². The van der Waals surface area contributed by atoms with Gasteiger partial charge in [0.15, 0.2) is 5.16 Å². The Morgan fingerprint density at radius 1 is 1.33 bits per heavy atom. The predicted octanol–water partition coefficient (Wildman–Crippen LogP) is 4.92. The molecule has 1 atom stereocenters. The molecule has 1 N–H and O–H groups in total. The van der Waals surface area contributed by atoms with Gasteiger partial charge in [-0.3, -0.25) is 14.2 Å². The molecule has 0 spiro atoms. The van der Waals surface area contributed by atoms with Gasteiger partial charge in [0.2, 0.25) is 5.91 Å². The Bertz CT molecular complexity index is 1380. The van der Waals surface area contributed by atoms with Crippen LogP contribution in [0.1, 0.15) is 46.2 Å². The first-order chi connectivity index (χ1) is 16.0. The molecule has 170 valence electrons. The van der Waals surface area contributed by atoms with Crippen LogP contribution in [-0.4, -0.2) is 21.2 Å². The van der Waals surface area contributed by atoms with Crippen LogP contribution in [0.3, 0.4) is 0 Å². The second-order valence-electron chi connectivity index (χ2n) is 8.64. The van der Waals surface area contributed by atoms with Crippen molar-refractivity contribution in [1.82, 2.24) is 9.55 Å². The second-order valence-corrected chi connectivity index (χ2v) is 11.8. The molecule has 1 amide bonds. The Balaban J connectivity index is 1.40. The number of carbonyl (C=O) groups excluding carboxylic acids is 1. The van der Waals surface area contributed by atoms with E-state index in [0.717, 1.165) is 59.9 Å². The van der Waals surface area contributed by atoms with Gasteiger partial charge in [0, 0.05) is 16.3 Å². The van der Waals surface area contributed by atoms with Crippen LogP contribution in [0.15, 0.2) is 22.6 Å². The number of thiophene rings is 2. The number of rotatable bonds is 6. The standard InChI is InChI=1S/C24H24N4O2S3/c1-3-9-28-23(30)20-15-8-7-13(2)10-18(15)33-22(20)27-24(28)31-12-19(29)26-21-16(11-25)14-5-4-6-17(14)32-21/h3,13H,1,4-10,12H2,2H3,(H,26,29). The molecular weight excluding hydrogens is 472 g/mol. The number of allylic oxidation sites excluding steroid dienone is 1. The van der Waals surface area contributed by atoms with E-state index in [1.54, 1.807) is 22.0 Å². The molecule has 6 nitrogen and oxygen atoms in total. The van der Waals surface area contributed by atoms with Crippen LogP contribution in [0.4, 0.5) is 5.00 Å². The number of amides is 1. The number of anilines is 1. The Morgan fingerprint density at radius 2 is 2.18 bits per heavy atom. The SMILES string of the molecule is C=CCn1c(SCC(=O)Nc2sc3c(c2C#N)CCC3)nc2sc3c(c2c1=O)CCC(C)C3. The number of hydrogen-bond acceptors (Lipinski definition) is 7. The van der Waals surface area contributed by atoms with Gasteiger partial charge >= 0.3 is 0 Å². The molecule has 2 aliphatic carbocycles. The second kappa shape index (κ2) is 9.09. The van der Waals surface area contributed by atoms with Crippen molar-refractivity contribution in [2.24, 2.45) is 5.92 Å². The summed E-state index contributed by atoms with van der Waals surface area (Å²) in [4.78, 5) is 34.2. The zero-order valence-corrected chi connectivity index (χ0v) is 20.9. The fourth-order valence-electron chi connectivity index (χ4n) is 4.71. The summed E-state index contributed by atoms with van der Waals surface area (Å²) in [6.45, 7) is 6.39. The van der Waals surface area contributed by atoms with Crippen molar-refractivity contribution in [3.63, 3.8) is 0 Å². The molecule has 0 aromatic carbocycles. The quantitative estimate of drug-likeness (QED) is 0.297. The summed E-state index contributed by atoms with van der Waals surface area (Å²) in [6.07, 6.45) is 7.64. The van der Waals surface area contributed by atoms with Crippen LogP contribution in [-0.2, 0) is 37.0 Å². The Labute approximate surface area is 204 Å². The van der Waals surface area contributed by atoms with Gasteiger partial charge in [-0.2, -0.15) is 5.26 Å². The summed E-state index contributed by atoms with van der Waals surface area (Å²) >= 11 is 4.38. The van der Waals surface area contributed by atoms with Gasteiger partial charge in [-0.05, 0) is 55.6 Å². The molecule has 0 fully saturated rings. The fourth-order valence-corrected chi connectivity index (χ4v) is 8.20. The first-order valence-corrected chi connectivity index (χ1v) is 13.7. The zero-order chi connectivity index (χ0) is 23.1. The Kier molecular flexibility index (Phi) is 6.16. The monoisotopic (exact) mass is 496 g/mol. The van der Waals surface area contributed by atoms with Crippen LogP contribution < -0.4 is 10.9 Å². The summed E-state index contributed by atoms with van der Waals surface area (Å²) in [5, 5.41) is 14.4. The summed E-state index contributed by atoms with van der Waals surface area (Å²) in [6, 6.07) is 2.26. The highest BCUT2D eigenvalue weighted by Gasteiger charge is 2.26. The molecule has 1 unspecified atom stereocenters. The lowest BCUT2D eigenvalue weighted by atomic mass is 9.89. The lowest BCUT2D eigenvalue weighted by molar-refractivity contribution is -0.113. The van der Waals surface area contributed by atoms with E-state index in [4.69, 9.17) is 4.98 Å². The number of aromatic nitrogens is 2. The van der Waals surface area contributed by atoms with Crippen molar-refractivity contribution in [3.05, 3.63) is 49.5 Å². The maximum atomic E-state index is 13.4. The van der Waals surface area contributed by atoms with Gasteiger partial charge in [-0.1, -0.05) is 24.8 Å². The predicted molar refractivity (Wildman–Crippen MR) is 136 cm³/mol. The third kappa shape index (κ3) is 4.05. The van der Waals surface area contributed by atoms with E-state index in [-0.39, 0.29) is 17.2 Å². The van der Waals surface area contributed by atoms with Crippen LogP contribution in [0.25, 0.3) is 10.2 Å². The third-order valence-electron chi connectivity index (χ3n) is 6.31. The number of nitrogens with one attached hydrogen (secondary N) is 1. The Hall–Kier alpha value is -2.41. The molecular formula is C24H24N4O2S3. The molecule has 0 saturated carbocycles. The summed E-state index contributed by atoms with van der Waals surface area (Å²) in [5.41, 5.74) is 2.81. The van der Waals surface area contributed by atoms with Gasteiger partial charge in [-0.15, -0.1) is 29.3 Å². The maximum absolute atomic E-state index is 13.4. The summed E-state index contributed by atoms with van der Waals surface area (Å²) < 4.78 is 1.62. The minimum absolute atomic E-state index is 0.0451. The molecule has 0 bridgehead atoms. The van der Waals surface area contributed by atoms with E-state index in [9.17, 15) is 14.9 Å². The van der Waals surface area contributed by atoms with Crippen molar-refractivity contribution < 1.29 is 4.79 Å². The van der Waals surface area contributed by atoms with Crippen molar-refractivity contribution in [1.29, 1.82) is 5.26 Å². The minimum Gasteiger partial charge on any atom is -0.316 e. The summed E-state index contributed by atoms with van der Waals surface area (Å²) in [5.74, 6) is 0.538. The fraction of sp³-hybridized carbons (Fsp3) is 0.417. The molecule has 3 aromatic heterocycles. The highest BCUT2D eigenvalue weighted by Crippen LogP contribution is 2.39. The number of aryl methyl sites for hydroxylation is 2. The van der Waals surface area contributed by atoms with E-state index in [2.05, 4.69) is 24.9 Å². The topological polar surface area (TPSA) is 87.8 Å². The van der Waals surface area contributed by atoms with Crippen molar-refractivity contribution in [2.45, 2.75) is 57.1 Å². The lowest BCUT2D eigenvalue weighted by Gasteiger charge is -2.17. The average molecular weight is 497 g/mol. The van der Waals surface area contributed by atoms with Gasteiger partial charge < -0.3 is 5.32 Å². The van der Waals surface area contributed by atoms with Crippen molar-refractivity contribution in [3.8, 4) is 6.07 Å². The highest BCUT2D eigenvalue weighted by atomic mass is 32.2. The van der Waals surface area contributed by atoms with Crippen LogP contribution in [0.5, 0.6) is 0 Å². The van der Waals surface area contributed by atoms with Crippen molar-refractivity contribution >= 4 is 55.6 Å². The first kappa shape index (κ1) is 22.4. The number of thioether (sulfide) groups is 1. The molecule has 3 aromatic rings. The normalized spacial score (nSPS) is 16.9. The van der Waals surface area contributed by atoms with E-state index >= 15 is 0 Å². The van der Waals surface area contributed by atoms with E-state index in [0.29, 0.717) is 28.2 Å². The van der Waals surface area contributed by atoms with E-state index in [1.165, 1.54) is 32.9 Å². The van der Waals surface area contributed by atoms with E-state index in [1.807, 2.05) is 0 Å². The van der Waals surface area contributed by atoms with Crippen molar-refractivity contribution in [2.75, 3.05) is 11.1 Å². The number of carbonyl (C=O) groups is 1. The molecule has 33 heavy (non-hydrogen) atoms. The number of nitrogens with zero attached hydrogens (tertiary/aromatic N) is 3. The number of hydrogen-bond donors (Lipinski definition) is 1. The maximum Gasteiger partial charge on any atom is 0.263 e. The molecule has 0 aliphatic heterocycles. The Morgan fingerprint density at radius 3 is 2.97 bits per heavy atom. The molecule has 0 saturated heterocycles. The highest BCUT2D eigenvalue weighted by molar-refractivity contribution is 7.99. The number of nitriles is 1. The van der Waals surface area contributed by atoms with Crippen LogP contribution in [0, 0.1) is 17.2 Å². The zero-order valence-electron chi connectivity index (χ0n) is 18.4. The van der Waals surface area contributed by atoms with Gasteiger partial charge in [0.1, 0.15) is 15.9 Å². The van der Waals surface area contributed by atoms with Gasteiger partial charge in [0.05, 0.1) is 16.7 Å². The van der Waals surface area contributed by atoms with Crippen LogP contribution >= 0.6 is 34.4 Å². The molecule has 0 radical (unpaired) electrons. The molecule has 2 aliphatic rings.